The van der Waals surface area contributed by atoms with Crippen molar-refractivity contribution < 1.29 is 8.78 Å². The monoisotopic (exact) mass is 264 g/mol. The molecule has 0 saturated heterocycles. The molecule has 86 valence electrons. The van der Waals surface area contributed by atoms with Crippen molar-refractivity contribution >= 4 is 22.1 Å². The van der Waals surface area contributed by atoms with Crippen LogP contribution in [-0.2, 0) is 10.8 Å². The number of aryl methyl sites for hydroxylation is 1. The summed E-state index contributed by atoms with van der Waals surface area (Å²) in [7, 11) is -0.984. The van der Waals surface area contributed by atoms with Gasteiger partial charge in [-0.1, -0.05) is 11.3 Å². The molecule has 1 unspecified atom stereocenters. The average Bonchev–Trinajstić information content (AvgIpc) is 2.77. The highest BCUT2D eigenvalue weighted by atomic mass is 32.2. The van der Waals surface area contributed by atoms with Gasteiger partial charge in [0.25, 0.3) is 0 Å². The van der Waals surface area contributed by atoms with Crippen molar-refractivity contribution in [2.75, 3.05) is 6.26 Å². The third kappa shape index (κ3) is 2.40. The van der Waals surface area contributed by atoms with Crippen molar-refractivity contribution in [3.63, 3.8) is 0 Å². The zero-order valence-corrected chi connectivity index (χ0v) is 11.0. The summed E-state index contributed by atoms with van der Waals surface area (Å²) in [4.78, 5) is 4.97. The van der Waals surface area contributed by atoms with E-state index in [-0.39, 0.29) is 0 Å². The Balaban J connectivity index is 2.47. The molecule has 0 aliphatic heterocycles. The summed E-state index contributed by atoms with van der Waals surface area (Å²) in [5.74, 6) is 0.720. The van der Waals surface area contributed by atoms with E-state index in [1.807, 2.05) is 35.2 Å². The number of hydrogen-bond donors (Lipinski definition) is 0. The van der Waals surface area contributed by atoms with Gasteiger partial charge in [-0.25, -0.2) is 0 Å². The lowest BCUT2D eigenvalue weighted by atomic mass is 10.3. The van der Waals surface area contributed by atoms with Gasteiger partial charge >= 0.3 is 10.8 Å². The third-order valence-corrected chi connectivity index (χ3v) is 3.94. The van der Waals surface area contributed by atoms with Crippen LogP contribution < -0.4 is 4.57 Å². The maximum atomic E-state index is 11.3. The van der Waals surface area contributed by atoms with E-state index in [1.54, 1.807) is 12.3 Å². The van der Waals surface area contributed by atoms with Crippen molar-refractivity contribution in [1.82, 2.24) is 4.98 Å². The number of pyridine rings is 1. The van der Waals surface area contributed by atoms with E-state index < -0.39 is 10.8 Å². The van der Waals surface area contributed by atoms with E-state index in [2.05, 4.69) is 4.98 Å². The van der Waals surface area contributed by atoms with E-state index in [0.717, 1.165) is 16.4 Å². The fourth-order valence-electron chi connectivity index (χ4n) is 1.45. The van der Waals surface area contributed by atoms with E-state index in [9.17, 15) is 4.21 Å². The van der Waals surface area contributed by atoms with Crippen molar-refractivity contribution in [1.29, 1.82) is 5.26 Å². The Hall–Kier alpha value is -1.58. The molecular formula is C11H10N3OS2+. The molecule has 6 heteroatoms. The van der Waals surface area contributed by atoms with Gasteiger partial charge < -0.3 is 0 Å². The van der Waals surface area contributed by atoms with E-state index in [1.165, 1.54) is 11.3 Å². The molecule has 2 heterocycles. The molecular weight excluding hydrogens is 254 g/mol. The number of rotatable bonds is 2. The Labute approximate surface area is 106 Å². The lowest BCUT2D eigenvalue weighted by Crippen LogP contribution is -2.34. The van der Waals surface area contributed by atoms with Crippen molar-refractivity contribution in [2.45, 2.75) is 11.8 Å². The van der Waals surface area contributed by atoms with Crippen LogP contribution in [0.5, 0.6) is 0 Å². The molecule has 4 nitrogen and oxygen atoms in total. The molecule has 0 saturated carbocycles. The number of nitriles is 1. The second-order valence-electron chi connectivity index (χ2n) is 3.45. The highest BCUT2D eigenvalue weighted by molar-refractivity contribution is 7.84. The third-order valence-electron chi connectivity index (χ3n) is 2.29. The van der Waals surface area contributed by atoms with Crippen LogP contribution in [0.2, 0.25) is 0 Å². The van der Waals surface area contributed by atoms with E-state index >= 15 is 0 Å². The highest BCUT2D eigenvalue weighted by Gasteiger charge is 2.16. The number of nitrogens with zero attached hydrogens (tertiary/aromatic N) is 3. The molecule has 0 aromatic carbocycles. The maximum absolute atomic E-state index is 11.3. The van der Waals surface area contributed by atoms with Crippen LogP contribution in [0.25, 0.3) is 5.82 Å². The van der Waals surface area contributed by atoms with Gasteiger partial charge in [0, 0.05) is 11.2 Å². The SMILES string of the molecule is Cc1cc(S(C)=O)cc[n+]1-c1csc(C#N)n1. The number of aromatic nitrogens is 2. The van der Waals surface area contributed by atoms with Gasteiger partial charge in [-0.3, -0.25) is 4.21 Å². The van der Waals surface area contributed by atoms with E-state index in [0.29, 0.717) is 5.01 Å². The second kappa shape index (κ2) is 4.73. The molecule has 0 spiro atoms. The van der Waals surface area contributed by atoms with Crippen molar-refractivity contribution in [3.8, 4) is 11.9 Å². The first-order valence-electron chi connectivity index (χ1n) is 4.83. The molecule has 2 aromatic rings. The van der Waals surface area contributed by atoms with Crippen LogP contribution in [-0.4, -0.2) is 15.4 Å². The number of thiazole rings is 1. The molecule has 0 N–H and O–H groups in total. The molecule has 0 aliphatic rings. The van der Waals surface area contributed by atoms with Gasteiger partial charge in [-0.15, -0.1) is 0 Å². The summed E-state index contributed by atoms with van der Waals surface area (Å²) < 4.78 is 13.2. The van der Waals surface area contributed by atoms with Crippen molar-refractivity contribution in [3.05, 3.63) is 34.4 Å². The summed E-state index contributed by atoms with van der Waals surface area (Å²) in [6.45, 7) is 1.92. The lowest BCUT2D eigenvalue weighted by Gasteiger charge is -2.01. The largest absolute Gasteiger partial charge is 0.340 e. The van der Waals surface area contributed by atoms with Crippen LogP contribution in [0.4, 0.5) is 0 Å². The van der Waals surface area contributed by atoms with Crippen LogP contribution in [0, 0.1) is 18.3 Å². The van der Waals surface area contributed by atoms with Gasteiger partial charge in [-0.2, -0.15) is 9.83 Å². The summed E-state index contributed by atoms with van der Waals surface area (Å²) in [5.41, 5.74) is 0.937. The zero-order valence-electron chi connectivity index (χ0n) is 9.38. The fourth-order valence-corrected chi connectivity index (χ4v) is 2.62. The summed E-state index contributed by atoms with van der Waals surface area (Å²) in [6, 6.07) is 5.67. The molecule has 2 aromatic heterocycles. The average molecular weight is 264 g/mol. The van der Waals surface area contributed by atoms with Gasteiger partial charge in [0.15, 0.2) is 6.07 Å². The Morgan fingerprint density at radius 1 is 1.59 bits per heavy atom. The summed E-state index contributed by atoms with van der Waals surface area (Å²) in [6.07, 6.45) is 3.47. The Bertz CT molecular complexity index is 628. The minimum absolute atomic E-state index is 0.440. The molecule has 0 radical (unpaired) electrons. The van der Waals surface area contributed by atoms with Gasteiger partial charge in [0.05, 0.1) is 22.4 Å². The standard InChI is InChI=1S/C11H10N3OS2/c1-8-5-9(17(2)15)3-4-14(8)10-7-16-11(6-12)13-10/h3-5,7H,1-2H3/q+1. The van der Waals surface area contributed by atoms with Crippen LogP contribution >= 0.6 is 11.3 Å². The number of hydrogen-bond acceptors (Lipinski definition) is 4. The minimum atomic E-state index is -0.984. The predicted molar refractivity (Wildman–Crippen MR) is 65.4 cm³/mol. The zero-order chi connectivity index (χ0) is 12.4. The molecule has 1 atom stereocenters. The van der Waals surface area contributed by atoms with Crippen LogP contribution in [0.3, 0.4) is 0 Å². The Morgan fingerprint density at radius 2 is 2.35 bits per heavy atom. The quantitative estimate of drug-likeness (QED) is 0.769. The predicted octanol–water partition coefficient (Wildman–Crippen LogP) is 1.34. The lowest BCUT2D eigenvalue weighted by molar-refractivity contribution is -0.606. The first-order chi connectivity index (χ1) is 8.11. The maximum Gasteiger partial charge on any atom is 0.340 e. The second-order valence-corrected chi connectivity index (χ2v) is 5.69. The van der Waals surface area contributed by atoms with Gasteiger partial charge in [0.1, 0.15) is 5.69 Å². The first kappa shape index (κ1) is 11.9. The molecule has 0 bridgehead atoms. The Morgan fingerprint density at radius 3 is 2.88 bits per heavy atom. The summed E-state index contributed by atoms with van der Waals surface area (Å²) in [5, 5.41) is 11.0. The Kier molecular flexibility index (Phi) is 3.31. The normalized spacial score (nSPS) is 12.1. The van der Waals surface area contributed by atoms with Crippen LogP contribution in [0.1, 0.15) is 10.7 Å². The molecule has 0 aliphatic carbocycles. The van der Waals surface area contributed by atoms with Crippen LogP contribution in [0.15, 0.2) is 28.6 Å². The fraction of sp³-hybridized carbons (Fsp3) is 0.182. The van der Waals surface area contributed by atoms with Gasteiger partial charge in [0.2, 0.25) is 0 Å². The minimum Gasteiger partial charge on any atom is -0.255 e. The molecule has 2 rings (SSSR count). The topological polar surface area (TPSA) is 57.6 Å². The smallest absolute Gasteiger partial charge is 0.255 e. The molecule has 0 fully saturated rings. The van der Waals surface area contributed by atoms with Crippen molar-refractivity contribution in [2.24, 2.45) is 0 Å². The molecule has 0 amide bonds. The summed E-state index contributed by atoms with van der Waals surface area (Å²) >= 11 is 1.31. The molecule has 17 heavy (non-hydrogen) atoms. The first-order valence-corrected chi connectivity index (χ1v) is 7.27. The van der Waals surface area contributed by atoms with E-state index in [4.69, 9.17) is 5.26 Å². The van der Waals surface area contributed by atoms with Gasteiger partial charge in [-0.05, 0) is 24.0 Å². The highest BCUT2D eigenvalue weighted by Crippen LogP contribution is 2.10.